The van der Waals surface area contributed by atoms with Crippen molar-refractivity contribution in [3.05, 3.63) is 29.8 Å². The van der Waals surface area contributed by atoms with Gasteiger partial charge in [0.1, 0.15) is 5.82 Å². The minimum absolute atomic E-state index is 0.113. The average Bonchev–Trinajstić information content (AvgIpc) is 2.85. The molecule has 2 nitrogen and oxygen atoms in total. The fourth-order valence-electron chi connectivity index (χ4n) is 1.52. The number of hydrogen-bond acceptors (Lipinski definition) is 2. The highest BCUT2D eigenvalue weighted by Crippen LogP contribution is 2.53. The number of halogens is 1. The molecule has 0 spiro atoms. The number of pyridine rings is 1. The number of aromatic nitrogens is 1. The van der Waals surface area contributed by atoms with E-state index in [1.807, 2.05) is 0 Å². The maximum atomic E-state index is 13.3. The molecule has 0 amide bonds. The van der Waals surface area contributed by atoms with Gasteiger partial charge in [-0.25, -0.2) is 4.39 Å². The first kappa shape index (κ1) is 8.63. The van der Waals surface area contributed by atoms with Crippen LogP contribution in [-0.4, -0.2) is 4.98 Å². The lowest BCUT2D eigenvalue weighted by Crippen LogP contribution is -2.21. The van der Waals surface area contributed by atoms with Crippen molar-refractivity contribution >= 4 is 0 Å². The third-order valence-corrected chi connectivity index (χ3v) is 2.93. The van der Waals surface area contributed by atoms with Crippen molar-refractivity contribution in [2.45, 2.75) is 25.8 Å². The van der Waals surface area contributed by atoms with Crippen molar-refractivity contribution < 1.29 is 4.39 Å². The molecule has 0 saturated heterocycles. The highest BCUT2D eigenvalue weighted by Gasteiger charge is 2.44. The molecule has 2 N–H and O–H groups in total. The SMILES string of the molecule is CC1(C(N)c2ccncc2F)CC1. The molecular weight excluding hydrogens is 167 g/mol. The summed E-state index contributed by atoms with van der Waals surface area (Å²) >= 11 is 0. The first-order valence-corrected chi connectivity index (χ1v) is 4.48. The molecule has 1 saturated carbocycles. The van der Waals surface area contributed by atoms with Crippen LogP contribution in [0.5, 0.6) is 0 Å². The van der Waals surface area contributed by atoms with Gasteiger partial charge in [-0.3, -0.25) is 4.98 Å². The highest BCUT2D eigenvalue weighted by molar-refractivity contribution is 5.21. The van der Waals surface area contributed by atoms with Crippen molar-refractivity contribution in [3.63, 3.8) is 0 Å². The van der Waals surface area contributed by atoms with Crippen LogP contribution in [0, 0.1) is 11.2 Å². The second-order valence-electron chi connectivity index (χ2n) is 4.03. The van der Waals surface area contributed by atoms with Crippen LogP contribution in [-0.2, 0) is 0 Å². The van der Waals surface area contributed by atoms with E-state index < -0.39 is 0 Å². The summed E-state index contributed by atoms with van der Waals surface area (Å²) in [6.45, 7) is 2.09. The van der Waals surface area contributed by atoms with Crippen molar-refractivity contribution in [1.82, 2.24) is 4.98 Å². The van der Waals surface area contributed by atoms with E-state index in [0.29, 0.717) is 5.56 Å². The van der Waals surface area contributed by atoms with Gasteiger partial charge in [-0.05, 0) is 24.3 Å². The van der Waals surface area contributed by atoms with E-state index in [1.165, 1.54) is 6.20 Å². The Bertz CT molecular complexity index is 320. The van der Waals surface area contributed by atoms with Crippen molar-refractivity contribution in [2.24, 2.45) is 11.1 Å². The molecule has 1 heterocycles. The van der Waals surface area contributed by atoms with Crippen molar-refractivity contribution in [2.75, 3.05) is 0 Å². The molecule has 1 aromatic rings. The quantitative estimate of drug-likeness (QED) is 0.756. The Morgan fingerprint density at radius 3 is 2.85 bits per heavy atom. The predicted octanol–water partition coefficient (Wildman–Crippen LogP) is 2.02. The topological polar surface area (TPSA) is 38.9 Å². The monoisotopic (exact) mass is 180 g/mol. The Labute approximate surface area is 77.0 Å². The van der Waals surface area contributed by atoms with E-state index in [0.717, 1.165) is 12.8 Å². The summed E-state index contributed by atoms with van der Waals surface area (Å²) in [5.41, 5.74) is 6.67. The zero-order valence-corrected chi connectivity index (χ0v) is 7.63. The van der Waals surface area contributed by atoms with Gasteiger partial charge in [0.05, 0.1) is 6.20 Å². The second kappa shape index (κ2) is 2.77. The van der Waals surface area contributed by atoms with Crippen LogP contribution in [0.4, 0.5) is 4.39 Å². The van der Waals surface area contributed by atoms with E-state index in [1.54, 1.807) is 12.3 Å². The van der Waals surface area contributed by atoms with E-state index in [2.05, 4.69) is 11.9 Å². The van der Waals surface area contributed by atoms with Crippen LogP contribution in [0.1, 0.15) is 31.4 Å². The van der Waals surface area contributed by atoms with Crippen molar-refractivity contribution in [1.29, 1.82) is 0 Å². The van der Waals surface area contributed by atoms with Gasteiger partial charge >= 0.3 is 0 Å². The molecular formula is C10H13FN2. The first-order valence-electron chi connectivity index (χ1n) is 4.48. The van der Waals surface area contributed by atoms with Crippen LogP contribution in [0.15, 0.2) is 18.5 Å². The van der Waals surface area contributed by atoms with Crippen LogP contribution in [0.2, 0.25) is 0 Å². The molecule has 0 aliphatic heterocycles. The van der Waals surface area contributed by atoms with E-state index in [4.69, 9.17) is 5.73 Å². The highest BCUT2D eigenvalue weighted by atomic mass is 19.1. The smallest absolute Gasteiger partial charge is 0.146 e. The molecule has 1 aromatic heterocycles. The Kier molecular flexibility index (Phi) is 1.84. The van der Waals surface area contributed by atoms with Crippen molar-refractivity contribution in [3.8, 4) is 0 Å². The molecule has 1 aliphatic carbocycles. The van der Waals surface area contributed by atoms with Crippen LogP contribution >= 0.6 is 0 Å². The summed E-state index contributed by atoms with van der Waals surface area (Å²) in [7, 11) is 0. The van der Waals surface area contributed by atoms with Gasteiger partial charge < -0.3 is 5.73 Å². The predicted molar refractivity (Wildman–Crippen MR) is 48.5 cm³/mol. The Morgan fingerprint density at radius 2 is 2.31 bits per heavy atom. The van der Waals surface area contributed by atoms with Crippen LogP contribution in [0.25, 0.3) is 0 Å². The summed E-state index contributed by atoms with van der Waals surface area (Å²) in [6, 6.07) is 1.49. The number of hydrogen-bond donors (Lipinski definition) is 1. The lowest BCUT2D eigenvalue weighted by atomic mass is 9.93. The summed E-state index contributed by atoms with van der Waals surface area (Å²) in [4.78, 5) is 3.70. The normalized spacial score (nSPS) is 21.2. The lowest BCUT2D eigenvalue weighted by Gasteiger charge is -2.19. The summed E-state index contributed by atoms with van der Waals surface area (Å²) in [5.74, 6) is -0.289. The van der Waals surface area contributed by atoms with Crippen LogP contribution < -0.4 is 5.73 Å². The molecule has 13 heavy (non-hydrogen) atoms. The molecule has 2 rings (SSSR count). The minimum Gasteiger partial charge on any atom is -0.323 e. The molecule has 1 aliphatic rings. The van der Waals surface area contributed by atoms with Gasteiger partial charge in [0.15, 0.2) is 0 Å². The molecule has 1 unspecified atom stereocenters. The average molecular weight is 180 g/mol. The molecule has 0 bridgehead atoms. The zero-order valence-electron chi connectivity index (χ0n) is 7.63. The summed E-state index contributed by atoms with van der Waals surface area (Å²) in [6.07, 6.45) is 5.00. The fraction of sp³-hybridized carbons (Fsp3) is 0.500. The summed E-state index contributed by atoms with van der Waals surface area (Å²) < 4.78 is 13.3. The third kappa shape index (κ3) is 1.44. The molecule has 0 radical (unpaired) electrons. The Hall–Kier alpha value is -0.960. The zero-order chi connectivity index (χ0) is 9.47. The van der Waals surface area contributed by atoms with Crippen LogP contribution in [0.3, 0.4) is 0 Å². The Balaban J connectivity index is 2.30. The largest absolute Gasteiger partial charge is 0.323 e. The molecule has 1 fully saturated rings. The van der Waals surface area contributed by atoms with Gasteiger partial charge in [-0.2, -0.15) is 0 Å². The van der Waals surface area contributed by atoms with Gasteiger partial charge in [0, 0.05) is 17.8 Å². The number of rotatable bonds is 2. The van der Waals surface area contributed by atoms with E-state index in [-0.39, 0.29) is 17.3 Å². The first-order chi connectivity index (χ1) is 6.13. The van der Waals surface area contributed by atoms with Gasteiger partial charge in [0.25, 0.3) is 0 Å². The molecule has 1 atom stereocenters. The Morgan fingerprint density at radius 1 is 1.62 bits per heavy atom. The second-order valence-corrected chi connectivity index (χ2v) is 4.03. The lowest BCUT2D eigenvalue weighted by molar-refractivity contribution is 0.431. The molecule has 3 heteroatoms. The van der Waals surface area contributed by atoms with Gasteiger partial charge in [-0.15, -0.1) is 0 Å². The molecule has 70 valence electrons. The van der Waals surface area contributed by atoms with E-state index >= 15 is 0 Å². The van der Waals surface area contributed by atoms with Gasteiger partial charge in [-0.1, -0.05) is 6.92 Å². The maximum Gasteiger partial charge on any atom is 0.146 e. The summed E-state index contributed by atoms with van der Waals surface area (Å²) in [5, 5.41) is 0. The minimum atomic E-state index is -0.289. The maximum absolute atomic E-state index is 13.3. The number of nitrogens with zero attached hydrogens (tertiary/aromatic N) is 1. The fourth-order valence-corrected chi connectivity index (χ4v) is 1.52. The third-order valence-electron chi connectivity index (χ3n) is 2.93. The standard InChI is InChI=1S/C10H13FN2/c1-10(3-4-10)9(12)7-2-5-13-6-8(7)11/h2,5-6,9H,3-4,12H2,1H3. The van der Waals surface area contributed by atoms with E-state index in [9.17, 15) is 4.39 Å². The number of nitrogens with two attached hydrogens (primary N) is 1. The molecule has 0 aromatic carbocycles. The van der Waals surface area contributed by atoms with Gasteiger partial charge in [0.2, 0.25) is 0 Å².